The van der Waals surface area contributed by atoms with Crippen LogP contribution in [0.25, 0.3) is 0 Å². The molecule has 1 aromatic heterocycles. The van der Waals surface area contributed by atoms with Crippen LogP contribution in [0.5, 0.6) is 0 Å². The van der Waals surface area contributed by atoms with Crippen molar-refractivity contribution < 1.29 is 14.7 Å². The first-order chi connectivity index (χ1) is 12.5. The van der Waals surface area contributed by atoms with Crippen LogP contribution in [0.4, 0.5) is 5.13 Å². The zero-order chi connectivity index (χ0) is 20.6. The van der Waals surface area contributed by atoms with Gasteiger partial charge in [0.15, 0.2) is 5.13 Å². The van der Waals surface area contributed by atoms with Gasteiger partial charge in [0.2, 0.25) is 11.8 Å². The second kappa shape index (κ2) is 10.7. The van der Waals surface area contributed by atoms with E-state index in [2.05, 4.69) is 34.8 Å². The molecule has 1 rings (SSSR count). The van der Waals surface area contributed by atoms with Gasteiger partial charge in [-0.05, 0) is 24.3 Å². The summed E-state index contributed by atoms with van der Waals surface area (Å²) in [6.07, 6.45) is 1.78. The van der Waals surface area contributed by atoms with Crippen molar-refractivity contribution in [2.75, 3.05) is 11.9 Å². The number of aliphatic hydroxyl groups is 1. The number of carbonyl (C=O) groups is 2. The van der Waals surface area contributed by atoms with E-state index in [-0.39, 0.29) is 5.91 Å². The fraction of sp³-hybridized carbons (Fsp3) is 0.737. The van der Waals surface area contributed by atoms with Gasteiger partial charge in [0.05, 0.1) is 0 Å². The lowest BCUT2D eigenvalue weighted by atomic mass is 9.88. The van der Waals surface area contributed by atoms with Crippen LogP contribution in [0.15, 0.2) is 6.20 Å². The third kappa shape index (κ3) is 8.36. The zero-order valence-electron chi connectivity index (χ0n) is 17.3. The predicted molar refractivity (Wildman–Crippen MR) is 110 cm³/mol. The van der Waals surface area contributed by atoms with Gasteiger partial charge >= 0.3 is 0 Å². The van der Waals surface area contributed by atoms with Crippen LogP contribution in [0.3, 0.4) is 0 Å². The molecule has 7 nitrogen and oxygen atoms in total. The van der Waals surface area contributed by atoms with Gasteiger partial charge in [-0.1, -0.05) is 48.0 Å². The highest BCUT2D eigenvalue weighted by molar-refractivity contribution is 7.15. The number of nitrogens with one attached hydrogen (secondary N) is 3. The Kier molecular flexibility index (Phi) is 9.35. The van der Waals surface area contributed by atoms with Crippen LogP contribution < -0.4 is 16.0 Å². The molecule has 27 heavy (non-hydrogen) atoms. The fourth-order valence-corrected chi connectivity index (χ4v) is 3.11. The molecule has 0 bridgehead atoms. The van der Waals surface area contributed by atoms with Crippen molar-refractivity contribution >= 4 is 28.3 Å². The number of aliphatic hydroxyl groups excluding tert-OH is 1. The van der Waals surface area contributed by atoms with Gasteiger partial charge in [0, 0.05) is 17.6 Å². The molecule has 2 atom stereocenters. The number of hydrogen-bond donors (Lipinski definition) is 4. The molecule has 0 saturated heterocycles. The largest absolute Gasteiger partial charge is 0.383 e. The van der Waals surface area contributed by atoms with Gasteiger partial charge in [0.25, 0.3) is 0 Å². The normalized spacial score (nSPS) is 14.1. The molecular weight excluding hydrogens is 364 g/mol. The first kappa shape index (κ1) is 23.5. The molecule has 0 spiro atoms. The minimum Gasteiger partial charge on any atom is -0.383 e. The molecule has 154 valence electrons. The zero-order valence-corrected chi connectivity index (χ0v) is 18.1. The molecule has 1 aromatic rings. The maximum atomic E-state index is 12.6. The number of carbonyl (C=O) groups excluding carboxylic acids is 2. The molecule has 0 fully saturated rings. The Hall–Kier alpha value is -1.51. The Morgan fingerprint density at radius 1 is 1.26 bits per heavy atom. The van der Waals surface area contributed by atoms with E-state index in [9.17, 15) is 14.7 Å². The Morgan fingerprint density at radius 3 is 2.48 bits per heavy atom. The van der Waals surface area contributed by atoms with Crippen molar-refractivity contribution in [3.05, 3.63) is 11.1 Å². The summed E-state index contributed by atoms with van der Waals surface area (Å²) in [6, 6.07) is -0.703. The van der Waals surface area contributed by atoms with E-state index in [0.29, 0.717) is 24.0 Å². The highest BCUT2D eigenvalue weighted by Crippen LogP contribution is 2.20. The van der Waals surface area contributed by atoms with Crippen LogP contribution in [-0.4, -0.2) is 40.6 Å². The first-order valence-electron chi connectivity index (χ1n) is 9.49. The summed E-state index contributed by atoms with van der Waals surface area (Å²) in [5.41, 5.74) is -0.593. The van der Waals surface area contributed by atoms with E-state index in [1.807, 2.05) is 6.92 Å². The summed E-state index contributed by atoms with van der Waals surface area (Å²) in [4.78, 5) is 30.1. The maximum Gasteiger partial charge on any atom is 0.250 e. The Bertz CT molecular complexity index is 610. The van der Waals surface area contributed by atoms with Crippen LogP contribution in [0.2, 0.25) is 0 Å². The minimum atomic E-state index is -1.18. The second-order valence-electron chi connectivity index (χ2n) is 8.26. The quantitative estimate of drug-likeness (QED) is 0.485. The van der Waals surface area contributed by atoms with E-state index in [1.165, 1.54) is 11.3 Å². The van der Waals surface area contributed by atoms with Crippen molar-refractivity contribution in [3.63, 3.8) is 0 Å². The lowest BCUT2D eigenvalue weighted by molar-refractivity contribution is -0.137. The van der Waals surface area contributed by atoms with E-state index in [4.69, 9.17) is 0 Å². The highest BCUT2D eigenvalue weighted by Gasteiger charge is 2.31. The highest BCUT2D eigenvalue weighted by atomic mass is 32.1. The summed E-state index contributed by atoms with van der Waals surface area (Å²) in [7, 11) is 0. The van der Waals surface area contributed by atoms with Gasteiger partial charge in [-0.3, -0.25) is 9.59 Å². The smallest absolute Gasteiger partial charge is 0.250 e. The number of amides is 2. The summed E-state index contributed by atoms with van der Waals surface area (Å²) in [5.74, 6) is -0.282. The second-order valence-corrected chi connectivity index (χ2v) is 9.38. The molecule has 0 aliphatic carbocycles. The number of anilines is 1. The molecule has 1 heterocycles. The molecule has 0 aliphatic rings. The number of rotatable bonds is 10. The molecule has 4 N–H and O–H groups in total. The van der Waals surface area contributed by atoms with E-state index in [0.717, 1.165) is 17.8 Å². The van der Waals surface area contributed by atoms with Gasteiger partial charge in [-0.2, -0.15) is 0 Å². The van der Waals surface area contributed by atoms with Crippen molar-refractivity contribution in [2.45, 2.75) is 73.1 Å². The first-order valence-corrected chi connectivity index (χ1v) is 10.3. The summed E-state index contributed by atoms with van der Waals surface area (Å²) in [6.45, 7) is 13.2. The third-order valence-electron chi connectivity index (χ3n) is 3.91. The Labute approximate surface area is 166 Å². The van der Waals surface area contributed by atoms with Crippen molar-refractivity contribution in [1.29, 1.82) is 0 Å². The van der Waals surface area contributed by atoms with Gasteiger partial charge in [-0.25, -0.2) is 4.98 Å². The Morgan fingerprint density at radius 2 is 1.93 bits per heavy atom. The van der Waals surface area contributed by atoms with Crippen LogP contribution in [0, 0.1) is 11.3 Å². The standard InChI is InChI=1S/C19H34N4O3S/c1-7-8-14(22-17(26)15(24)19(4,5)6)16(25)23-18-21-11-13(27-18)10-20-9-12(2)3/h11-12,14-15,20,24H,7-10H2,1-6H3,(H,22,26)(H,21,23,25). The van der Waals surface area contributed by atoms with Crippen molar-refractivity contribution in [2.24, 2.45) is 11.3 Å². The van der Waals surface area contributed by atoms with Gasteiger partial charge in [-0.15, -0.1) is 11.3 Å². The third-order valence-corrected chi connectivity index (χ3v) is 4.83. The Balaban J connectivity index is 2.65. The molecule has 2 unspecified atom stereocenters. The predicted octanol–water partition coefficient (Wildman–Crippen LogP) is 2.52. The number of thiazole rings is 1. The van der Waals surface area contributed by atoms with Crippen LogP contribution in [-0.2, 0) is 16.1 Å². The average Bonchev–Trinajstić information content (AvgIpc) is 2.99. The summed E-state index contributed by atoms with van der Waals surface area (Å²) >= 11 is 1.41. The fourth-order valence-electron chi connectivity index (χ4n) is 2.32. The summed E-state index contributed by atoms with van der Waals surface area (Å²) < 4.78 is 0. The van der Waals surface area contributed by atoms with Crippen molar-refractivity contribution in [1.82, 2.24) is 15.6 Å². The number of nitrogens with zero attached hydrogens (tertiary/aromatic N) is 1. The van der Waals surface area contributed by atoms with Gasteiger partial charge < -0.3 is 21.1 Å². The number of aromatic nitrogens is 1. The lowest BCUT2D eigenvalue weighted by Crippen LogP contribution is -2.50. The van der Waals surface area contributed by atoms with E-state index >= 15 is 0 Å². The molecule has 0 aromatic carbocycles. The maximum absolute atomic E-state index is 12.6. The molecule has 2 amide bonds. The van der Waals surface area contributed by atoms with Gasteiger partial charge in [0.1, 0.15) is 12.1 Å². The van der Waals surface area contributed by atoms with E-state index < -0.39 is 23.5 Å². The molecular formula is C19H34N4O3S. The minimum absolute atomic E-state index is 0.317. The molecule has 0 radical (unpaired) electrons. The van der Waals surface area contributed by atoms with E-state index in [1.54, 1.807) is 27.0 Å². The topological polar surface area (TPSA) is 103 Å². The monoisotopic (exact) mass is 398 g/mol. The van der Waals surface area contributed by atoms with Crippen LogP contribution >= 0.6 is 11.3 Å². The molecule has 0 aliphatic heterocycles. The SMILES string of the molecule is CCCC(NC(=O)C(O)C(C)(C)C)C(=O)Nc1ncc(CNCC(C)C)s1. The summed E-state index contributed by atoms with van der Waals surface area (Å²) in [5, 5.41) is 19.4. The average molecular weight is 399 g/mol. The lowest BCUT2D eigenvalue weighted by Gasteiger charge is -2.26. The van der Waals surface area contributed by atoms with Crippen molar-refractivity contribution in [3.8, 4) is 0 Å². The number of hydrogen-bond acceptors (Lipinski definition) is 6. The van der Waals surface area contributed by atoms with Crippen LogP contribution in [0.1, 0.15) is 59.3 Å². The molecule has 8 heteroatoms. The molecule has 0 saturated carbocycles.